The van der Waals surface area contributed by atoms with Crippen molar-refractivity contribution >= 4 is 43.5 Å². The lowest BCUT2D eigenvalue weighted by molar-refractivity contribution is 0.569. The van der Waals surface area contributed by atoms with Gasteiger partial charge in [-0.15, -0.1) is 0 Å². The predicted octanol–water partition coefficient (Wildman–Crippen LogP) is 3.14. The molecule has 2 aromatic rings. The van der Waals surface area contributed by atoms with E-state index < -0.39 is 20.7 Å². The number of rotatable bonds is 3. The highest BCUT2D eigenvalue weighted by atomic mass is 79.9. The Hall–Kier alpha value is -1.25. The van der Waals surface area contributed by atoms with Gasteiger partial charge in [0, 0.05) is 10.2 Å². The molecular formula is C11H8BrClFN3O2S. The van der Waals surface area contributed by atoms with Gasteiger partial charge in [0.2, 0.25) is 5.95 Å². The molecule has 9 heteroatoms. The maximum absolute atomic E-state index is 13.7. The monoisotopic (exact) mass is 379 g/mol. The second-order valence-electron chi connectivity index (χ2n) is 3.84. The molecular weight excluding hydrogens is 373 g/mol. The molecule has 0 spiro atoms. The van der Waals surface area contributed by atoms with Crippen LogP contribution in [0.25, 0.3) is 0 Å². The fourth-order valence-corrected chi connectivity index (χ4v) is 3.02. The second kappa shape index (κ2) is 5.63. The lowest BCUT2D eigenvalue weighted by Crippen LogP contribution is -2.16. The topological polar surface area (TPSA) is 72.0 Å². The SMILES string of the molecule is Cc1cc(Cl)nc(NS(=O)(=O)c2ccc(Br)cc2F)n1. The van der Waals surface area contributed by atoms with Crippen LogP contribution in [0.4, 0.5) is 10.3 Å². The predicted molar refractivity (Wildman–Crippen MR) is 76.7 cm³/mol. The van der Waals surface area contributed by atoms with Gasteiger partial charge in [-0.1, -0.05) is 27.5 Å². The van der Waals surface area contributed by atoms with Crippen molar-refractivity contribution in [2.75, 3.05) is 4.72 Å². The molecule has 1 heterocycles. The summed E-state index contributed by atoms with van der Waals surface area (Å²) >= 11 is 8.76. The van der Waals surface area contributed by atoms with E-state index in [1.807, 2.05) is 0 Å². The minimum absolute atomic E-state index is 0.0893. The highest BCUT2D eigenvalue weighted by molar-refractivity contribution is 9.10. The number of anilines is 1. The minimum atomic E-state index is -4.12. The van der Waals surface area contributed by atoms with Gasteiger partial charge in [0.15, 0.2) is 0 Å². The van der Waals surface area contributed by atoms with Gasteiger partial charge >= 0.3 is 0 Å². The van der Waals surface area contributed by atoms with Crippen molar-refractivity contribution in [3.63, 3.8) is 0 Å². The zero-order valence-corrected chi connectivity index (χ0v) is 13.2. The summed E-state index contributed by atoms with van der Waals surface area (Å²) in [5.74, 6) is -1.09. The number of aryl methyl sites for hydroxylation is 1. The van der Waals surface area contributed by atoms with Crippen molar-refractivity contribution in [1.82, 2.24) is 9.97 Å². The van der Waals surface area contributed by atoms with E-state index in [1.54, 1.807) is 6.92 Å². The van der Waals surface area contributed by atoms with Crippen LogP contribution in [0.3, 0.4) is 0 Å². The Morgan fingerprint density at radius 2 is 2.00 bits per heavy atom. The van der Waals surface area contributed by atoms with Crippen molar-refractivity contribution in [3.05, 3.63) is 45.4 Å². The largest absolute Gasteiger partial charge is 0.267 e. The van der Waals surface area contributed by atoms with Gasteiger partial charge in [-0.3, -0.25) is 0 Å². The van der Waals surface area contributed by atoms with Crippen molar-refractivity contribution < 1.29 is 12.8 Å². The maximum atomic E-state index is 13.7. The van der Waals surface area contributed by atoms with E-state index in [-0.39, 0.29) is 11.1 Å². The molecule has 5 nitrogen and oxygen atoms in total. The smallest absolute Gasteiger partial charge is 0.247 e. The number of halogens is 3. The summed E-state index contributed by atoms with van der Waals surface area (Å²) < 4.78 is 40.3. The van der Waals surface area contributed by atoms with Crippen LogP contribution in [-0.2, 0) is 10.0 Å². The Morgan fingerprint density at radius 1 is 1.30 bits per heavy atom. The molecule has 106 valence electrons. The van der Waals surface area contributed by atoms with E-state index in [1.165, 1.54) is 12.1 Å². The Balaban J connectivity index is 2.40. The van der Waals surface area contributed by atoms with Crippen molar-refractivity contribution in [1.29, 1.82) is 0 Å². The summed E-state index contributed by atoms with van der Waals surface area (Å²) in [7, 11) is -4.12. The Labute approximate surface area is 128 Å². The quantitative estimate of drug-likeness (QED) is 0.830. The normalized spacial score (nSPS) is 11.4. The highest BCUT2D eigenvalue weighted by Crippen LogP contribution is 2.21. The molecule has 0 radical (unpaired) electrons. The molecule has 1 aromatic heterocycles. The number of nitrogens with one attached hydrogen (secondary N) is 1. The summed E-state index contributed by atoms with van der Waals surface area (Å²) in [6.07, 6.45) is 0. The van der Waals surface area contributed by atoms with Gasteiger partial charge in [0.05, 0.1) is 0 Å². The molecule has 0 fully saturated rings. The van der Waals surface area contributed by atoms with Crippen LogP contribution in [-0.4, -0.2) is 18.4 Å². The van der Waals surface area contributed by atoms with Gasteiger partial charge in [-0.25, -0.2) is 27.5 Å². The molecule has 0 aliphatic heterocycles. The Morgan fingerprint density at radius 3 is 2.60 bits per heavy atom. The zero-order valence-electron chi connectivity index (χ0n) is 10.1. The van der Waals surface area contributed by atoms with Crippen LogP contribution in [0.5, 0.6) is 0 Å². The molecule has 0 saturated carbocycles. The first kappa shape index (κ1) is 15.1. The molecule has 0 amide bonds. The van der Waals surface area contributed by atoms with Crippen LogP contribution in [0, 0.1) is 12.7 Å². The Bertz CT molecular complexity index is 750. The van der Waals surface area contributed by atoms with E-state index in [9.17, 15) is 12.8 Å². The fraction of sp³-hybridized carbons (Fsp3) is 0.0909. The summed E-state index contributed by atoms with van der Waals surface area (Å²) in [6, 6.07) is 5.08. The van der Waals surface area contributed by atoms with Crippen molar-refractivity contribution in [2.45, 2.75) is 11.8 Å². The van der Waals surface area contributed by atoms with Crippen LogP contribution in [0.2, 0.25) is 5.15 Å². The van der Waals surface area contributed by atoms with E-state index in [4.69, 9.17) is 11.6 Å². The average molecular weight is 381 g/mol. The first-order chi connectivity index (χ1) is 9.28. The average Bonchev–Trinajstić information content (AvgIpc) is 2.25. The first-order valence-corrected chi connectivity index (χ1v) is 7.92. The molecule has 0 aliphatic carbocycles. The van der Waals surface area contributed by atoms with Gasteiger partial charge in [0.25, 0.3) is 10.0 Å². The molecule has 2 rings (SSSR count). The van der Waals surface area contributed by atoms with Crippen molar-refractivity contribution in [2.24, 2.45) is 0 Å². The van der Waals surface area contributed by atoms with Gasteiger partial charge < -0.3 is 0 Å². The first-order valence-electron chi connectivity index (χ1n) is 5.27. The van der Waals surface area contributed by atoms with Crippen LogP contribution in [0.15, 0.2) is 33.6 Å². The molecule has 0 atom stereocenters. The molecule has 0 unspecified atom stereocenters. The van der Waals surface area contributed by atoms with Gasteiger partial charge in [0.1, 0.15) is 15.9 Å². The number of nitrogens with zero attached hydrogens (tertiary/aromatic N) is 2. The van der Waals surface area contributed by atoms with E-state index in [2.05, 4.69) is 30.6 Å². The number of hydrogen-bond acceptors (Lipinski definition) is 4. The van der Waals surface area contributed by atoms with Crippen LogP contribution < -0.4 is 4.72 Å². The number of benzene rings is 1. The zero-order chi connectivity index (χ0) is 14.9. The molecule has 1 aromatic carbocycles. The Kier molecular flexibility index (Phi) is 4.26. The number of sulfonamides is 1. The fourth-order valence-electron chi connectivity index (χ4n) is 1.44. The number of hydrogen-bond donors (Lipinski definition) is 1. The molecule has 0 aliphatic rings. The summed E-state index contributed by atoms with van der Waals surface area (Å²) in [6.45, 7) is 1.63. The molecule has 0 bridgehead atoms. The highest BCUT2D eigenvalue weighted by Gasteiger charge is 2.20. The third-order valence-corrected chi connectivity index (χ3v) is 4.28. The third-order valence-electron chi connectivity index (χ3n) is 2.23. The van der Waals surface area contributed by atoms with Crippen LogP contribution in [0.1, 0.15) is 5.69 Å². The van der Waals surface area contributed by atoms with E-state index in [0.29, 0.717) is 10.2 Å². The standard InChI is InChI=1S/C11H8BrClFN3O2S/c1-6-4-10(13)16-11(15-6)17-20(18,19)9-3-2-7(12)5-8(9)14/h2-5H,1H3,(H,15,16,17). The summed E-state index contributed by atoms with van der Waals surface area (Å²) in [5.41, 5.74) is 0.485. The number of aromatic nitrogens is 2. The van der Waals surface area contributed by atoms with Gasteiger partial charge in [-0.05, 0) is 31.2 Å². The van der Waals surface area contributed by atoms with E-state index in [0.717, 1.165) is 12.1 Å². The van der Waals surface area contributed by atoms with Crippen LogP contribution >= 0.6 is 27.5 Å². The van der Waals surface area contributed by atoms with E-state index >= 15 is 0 Å². The second-order valence-corrected chi connectivity index (χ2v) is 6.79. The minimum Gasteiger partial charge on any atom is -0.247 e. The van der Waals surface area contributed by atoms with Gasteiger partial charge in [-0.2, -0.15) is 0 Å². The lowest BCUT2D eigenvalue weighted by atomic mass is 10.3. The molecule has 1 N–H and O–H groups in total. The third kappa shape index (κ3) is 3.44. The summed E-state index contributed by atoms with van der Waals surface area (Å²) in [4.78, 5) is 7.10. The van der Waals surface area contributed by atoms with Crippen molar-refractivity contribution in [3.8, 4) is 0 Å². The maximum Gasteiger partial charge on any atom is 0.267 e. The molecule has 0 saturated heterocycles. The molecule has 20 heavy (non-hydrogen) atoms. The summed E-state index contributed by atoms with van der Waals surface area (Å²) in [5, 5.41) is 0.0893. The lowest BCUT2D eigenvalue weighted by Gasteiger charge is -2.08.